The zero-order valence-corrected chi connectivity index (χ0v) is 9.66. The van der Waals surface area contributed by atoms with Crippen molar-refractivity contribution in [3.05, 3.63) is 34.9 Å². The first kappa shape index (κ1) is 9.91. The van der Waals surface area contributed by atoms with Gasteiger partial charge in [-0.05, 0) is 17.9 Å². The topological polar surface area (TPSA) is 12.0 Å². The van der Waals surface area contributed by atoms with Crippen LogP contribution in [0.15, 0.2) is 34.9 Å². The maximum absolute atomic E-state index is 3.45. The summed E-state index contributed by atoms with van der Waals surface area (Å²) in [6, 6.07) is 0. The minimum absolute atomic E-state index is 0.290. The van der Waals surface area contributed by atoms with Gasteiger partial charge in [0.15, 0.2) is 0 Å². The van der Waals surface area contributed by atoms with Crippen LogP contribution in [0.25, 0.3) is 0 Å². The number of nitrogens with one attached hydrogen (secondary N) is 1. The predicted molar refractivity (Wildman–Crippen MR) is 64.2 cm³/mol. The molecular formula is C12H17NS. The van der Waals surface area contributed by atoms with Crippen molar-refractivity contribution >= 4 is 11.8 Å². The van der Waals surface area contributed by atoms with E-state index in [2.05, 4.69) is 43.5 Å². The molecule has 0 amide bonds. The number of hydrogen-bond acceptors (Lipinski definition) is 2. The molecule has 0 aromatic rings. The molecule has 1 nitrogen and oxygen atoms in total. The zero-order valence-electron chi connectivity index (χ0n) is 8.84. The van der Waals surface area contributed by atoms with Crippen LogP contribution in [0.4, 0.5) is 0 Å². The molecule has 0 spiro atoms. The van der Waals surface area contributed by atoms with Gasteiger partial charge in [0, 0.05) is 22.9 Å². The second kappa shape index (κ2) is 3.85. The van der Waals surface area contributed by atoms with Crippen LogP contribution in [-0.2, 0) is 0 Å². The summed E-state index contributed by atoms with van der Waals surface area (Å²) < 4.78 is 0. The maximum atomic E-state index is 3.45. The molecule has 0 radical (unpaired) electrons. The van der Waals surface area contributed by atoms with E-state index in [-0.39, 0.29) is 0 Å². The molecular weight excluding hydrogens is 190 g/mol. The summed E-state index contributed by atoms with van der Waals surface area (Å²) in [5, 5.41) is 3.45. The molecule has 14 heavy (non-hydrogen) atoms. The van der Waals surface area contributed by atoms with Gasteiger partial charge in [0.2, 0.25) is 0 Å². The Hall–Kier alpha value is -0.630. The maximum Gasteiger partial charge on any atom is 0.0475 e. The molecule has 0 fully saturated rings. The third-order valence-corrected chi connectivity index (χ3v) is 3.63. The Kier molecular flexibility index (Phi) is 2.73. The fourth-order valence-electron chi connectivity index (χ4n) is 1.64. The van der Waals surface area contributed by atoms with E-state index in [0.29, 0.717) is 5.41 Å². The minimum Gasteiger partial charge on any atom is -0.383 e. The Bertz CT molecular complexity index is 310. The van der Waals surface area contributed by atoms with Gasteiger partial charge in [-0.1, -0.05) is 32.1 Å². The molecule has 0 aromatic heterocycles. The van der Waals surface area contributed by atoms with Crippen molar-refractivity contribution in [2.75, 3.05) is 12.3 Å². The first-order valence-corrected chi connectivity index (χ1v) is 6.13. The summed E-state index contributed by atoms with van der Waals surface area (Å²) in [7, 11) is 0. The summed E-state index contributed by atoms with van der Waals surface area (Å²) >= 11 is 1.95. The number of allylic oxidation sites excluding steroid dienone is 4. The first-order chi connectivity index (χ1) is 6.67. The van der Waals surface area contributed by atoms with E-state index in [1.165, 1.54) is 16.4 Å². The number of rotatable bonds is 0. The van der Waals surface area contributed by atoms with Gasteiger partial charge in [-0.3, -0.25) is 0 Å². The van der Waals surface area contributed by atoms with Gasteiger partial charge in [-0.25, -0.2) is 0 Å². The Morgan fingerprint density at radius 2 is 2.21 bits per heavy atom. The van der Waals surface area contributed by atoms with Crippen molar-refractivity contribution in [2.24, 2.45) is 5.41 Å². The molecule has 2 heteroatoms. The Labute approximate surface area is 90.3 Å². The zero-order chi connectivity index (χ0) is 10.0. The summed E-state index contributed by atoms with van der Waals surface area (Å²) in [6.07, 6.45) is 10.2. The molecule has 76 valence electrons. The van der Waals surface area contributed by atoms with E-state index in [1.54, 1.807) is 0 Å². The molecule has 2 rings (SSSR count). The third-order valence-electron chi connectivity index (χ3n) is 2.55. The lowest BCUT2D eigenvalue weighted by atomic mass is 9.87. The van der Waals surface area contributed by atoms with Crippen LogP contribution < -0.4 is 5.32 Å². The van der Waals surface area contributed by atoms with Crippen molar-refractivity contribution in [3.8, 4) is 0 Å². The molecule has 1 aliphatic carbocycles. The normalized spacial score (nSPS) is 27.3. The largest absolute Gasteiger partial charge is 0.383 e. The Morgan fingerprint density at radius 1 is 1.36 bits per heavy atom. The second-order valence-electron chi connectivity index (χ2n) is 4.48. The Morgan fingerprint density at radius 3 is 3.07 bits per heavy atom. The fraction of sp³-hybridized carbons (Fsp3) is 0.500. The van der Waals surface area contributed by atoms with Crippen LogP contribution in [0.3, 0.4) is 0 Å². The van der Waals surface area contributed by atoms with Crippen molar-refractivity contribution in [1.82, 2.24) is 5.32 Å². The van der Waals surface area contributed by atoms with Gasteiger partial charge in [-0.2, -0.15) is 0 Å². The van der Waals surface area contributed by atoms with Gasteiger partial charge in [0.1, 0.15) is 0 Å². The molecule has 0 bridgehead atoms. The monoisotopic (exact) mass is 207 g/mol. The highest BCUT2D eigenvalue weighted by Crippen LogP contribution is 2.30. The average Bonchev–Trinajstić information content (AvgIpc) is 2.14. The van der Waals surface area contributed by atoms with Crippen molar-refractivity contribution < 1.29 is 0 Å². The second-order valence-corrected chi connectivity index (χ2v) is 5.62. The lowest BCUT2D eigenvalue weighted by Crippen LogP contribution is -2.21. The molecule has 0 atom stereocenters. The van der Waals surface area contributed by atoms with Crippen LogP contribution in [0.5, 0.6) is 0 Å². The fourth-order valence-corrected chi connectivity index (χ4v) is 2.55. The van der Waals surface area contributed by atoms with E-state index < -0.39 is 0 Å². The Balaban J connectivity index is 2.30. The molecule has 0 aromatic carbocycles. The summed E-state index contributed by atoms with van der Waals surface area (Å²) in [5.74, 6) is 1.18. The lowest BCUT2D eigenvalue weighted by molar-refractivity contribution is 0.487. The van der Waals surface area contributed by atoms with E-state index in [9.17, 15) is 0 Å². The van der Waals surface area contributed by atoms with Gasteiger partial charge >= 0.3 is 0 Å². The highest BCUT2D eigenvalue weighted by atomic mass is 32.2. The van der Waals surface area contributed by atoms with Gasteiger partial charge in [0.05, 0.1) is 0 Å². The molecule has 2 aliphatic rings. The molecule has 0 saturated carbocycles. The van der Waals surface area contributed by atoms with E-state index in [1.807, 2.05) is 11.8 Å². The highest BCUT2D eigenvalue weighted by Gasteiger charge is 2.16. The van der Waals surface area contributed by atoms with Crippen LogP contribution in [-0.4, -0.2) is 12.3 Å². The average molecular weight is 207 g/mol. The standard InChI is InChI=1S/C12H17NS/c1-12(2)6-3-4-11-10(5-7-12)13-8-9-14-11/h3-5,7,13H,6,8-9H2,1-2H3/b4-3?,7-5-. The third kappa shape index (κ3) is 2.24. The van der Waals surface area contributed by atoms with E-state index in [0.717, 1.165) is 13.0 Å². The molecule has 1 N–H and O–H groups in total. The van der Waals surface area contributed by atoms with Crippen LogP contribution in [0.2, 0.25) is 0 Å². The molecule has 1 heterocycles. The molecule has 0 saturated heterocycles. The van der Waals surface area contributed by atoms with Crippen LogP contribution >= 0.6 is 11.8 Å². The predicted octanol–water partition coefficient (Wildman–Crippen LogP) is 3.08. The van der Waals surface area contributed by atoms with Crippen molar-refractivity contribution in [1.29, 1.82) is 0 Å². The van der Waals surface area contributed by atoms with Crippen LogP contribution in [0, 0.1) is 5.41 Å². The smallest absolute Gasteiger partial charge is 0.0475 e. The van der Waals surface area contributed by atoms with E-state index in [4.69, 9.17) is 0 Å². The summed E-state index contributed by atoms with van der Waals surface area (Å²) in [4.78, 5) is 1.39. The van der Waals surface area contributed by atoms with Crippen molar-refractivity contribution in [2.45, 2.75) is 20.3 Å². The summed E-state index contributed by atoms with van der Waals surface area (Å²) in [5.41, 5.74) is 1.59. The van der Waals surface area contributed by atoms with Gasteiger partial charge in [0.25, 0.3) is 0 Å². The summed E-state index contributed by atoms with van der Waals surface area (Å²) in [6.45, 7) is 5.63. The lowest BCUT2D eigenvalue weighted by Gasteiger charge is -2.23. The highest BCUT2D eigenvalue weighted by molar-refractivity contribution is 8.03. The first-order valence-electron chi connectivity index (χ1n) is 5.14. The van der Waals surface area contributed by atoms with Crippen molar-refractivity contribution in [3.63, 3.8) is 0 Å². The number of thioether (sulfide) groups is 1. The van der Waals surface area contributed by atoms with E-state index >= 15 is 0 Å². The molecule has 0 unspecified atom stereocenters. The minimum atomic E-state index is 0.290. The number of hydrogen-bond donors (Lipinski definition) is 1. The van der Waals surface area contributed by atoms with Gasteiger partial charge in [-0.15, -0.1) is 11.8 Å². The van der Waals surface area contributed by atoms with Crippen LogP contribution in [0.1, 0.15) is 20.3 Å². The quantitative estimate of drug-likeness (QED) is 0.655. The molecule has 1 aliphatic heterocycles. The van der Waals surface area contributed by atoms with Gasteiger partial charge < -0.3 is 5.32 Å². The SMILES string of the molecule is CC1(C)/C=C\C2=C(C=CC1)SCCN2.